The molecule has 1 aliphatic carbocycles. The van der Waals surface area contributed by atoms with E-state index in [0.29, 0.717) is 18.2 Å². The summed E-state index contributed by atoms with van der Waals surface area (Å²) >= 11 is 0. The molecule has 0 saturated heterocycles. The number of hydrogen-bond acceptors (Lipinski definition) is 3. The van der Waals surface area contributed by atoms with Crippen LogP contribution >= 0.6 is 0 Å². The molecule has 0 amide bonds. The highest BCUT2D eigenvalue weighted by Crippen LogP contribution is 2.37. The fourth-order valence-corrected chi connectivity index (χ4v) is 3.19. The predicted molar refractivity (Wildman–Crippen MR) is 84.4 cm³/mol. The number of rotatable bonds is 3. The molecule has 4 heteroatoms. The average Bonchev–Trinajstić information content (AvgIpc) is 2.89. The van der Waals surface area contributed by atoms with Crippen LogP contribution in [0.2, 0.25) is 0 Å². The van der Waals surface area contributed by atoms with Gasteiger partial charge in [0.1, 0.15) is 6.07 Å². The summed E-state index contributed by atoms with van der Waals surface area (Å²) in [5.74, 6) is 0.444. The Hall–Kier alpha value is -2.67. The van der Waals surface area contributed by atoms with Gasteiger partial charge in [0.15, 0.2) is 5.69 Å². The lowest BCUT2D eigenvalue weighted by Crippen LogP contribution is -2.17. The zero-order valence-electron chi connectivity index (χ0n) is 12.2. The summed E-state index contributed by atoms with van der Waals surface area (Å²) in [6, 6.07) is 16.9. The van der Waals surface area contributed by atoms with Gasteiger partial charge in [0.25, 0.3) is 0 Å². The van der Waals surface area contributed by atoms with Crippen molar-refractivity contribution in [3.63, 3.8) is 0 Å². The number of aromatic nitrogens is 3. The van der Waals surface area contributed by atoms with E-state index in [1.807, 2.05) is 4.68 Å². The zero-order chi connectivity index (χ0) is 14.9. The van der Waals surface area contributed by atoms with Crippen LogP contribution < -0.4 is 0 Å². The SMILES string of the molecule is N#Cc1nnn(Cc2cccc3ccccc23)c1C1CCC1. The third kappa shape index (κ3) is 2.06. The Kier molecular flexibility index (Phi) is 3.12. The Labute approximate surface area is 129 Å². The van der Waals surface area contributed by atoms with Crippen molar-refractivity contribution in [1.29, 1.82) is 5.26 Å². The molecule has 1 aromatic heterocycles. The topological polar surface area (TPSA) is 54.5 Å². The summed E-state index contributed by atoms with van der Waals surface area (Å²) < 4.78 is 1.92. The molecule has 0 aliphatic heterocycles. The third-order valence-corrected chi connectivity index (χ3v) is 4.57. The van der Waals surface area contributed by atoms with Gasteiger partial charge in [-0.2, -0.15) is 5.26 Å². The van der Waals surface area contributed by atoms with Crippen LogP contribution in [0.1, 0.15) is 42.1 Å². The highest BCUT2D eigenvalue weighted by molar-refractivity contribution is 5.85. The first-order valence-corrected chi connectivity index (χ1v) is 7.67. The minimum absolute atomic E-state index is 0.444. The fourth-order valence-electron chi connectivity index (χ4n) is 3.19. The lowest BCUT2D eigenvalue weighted by atomic mass is 9.82. The summed E-state index contributed by atoms with van der Waals surface area (Å²) in [5, 5.41) is 20.0. The third-order valence-electron chi connectivity index (χ3n) is 4.57. The van der Waals surface area contributed by atoms with E-state index in [-0.39, 0.29) is 0 Å². The monoisotopic (exact) mass is 288 g/mol. The number of fused-ring (bicyclic) bond motifs is 1. The summed E-state index contributed by atoms with van der Waals surface area (Å²) in [4.78, 5) is 0. The van der Waals surface area contributed by atoms with Crippen LogP contribution in [0, 0.1) is 11.3 Å². The van der Waals surface area contributed by atoms with Gasteiger partial charge in [0.2, 0.25) is 0 Å². The van der Waals surface area contributed by atoms with Gasteiger partial charge in [0.05, 0.1) is 12.2 Å². The zero-order valence-corrected chi connectivity index (χ0v) is 12.2. The van der Waals surface area contributed by atoms with Crippen molar-refractivity contribution in [2.24, 2.45) is 0 Å². The molecular formula is C18H16N4. The van der Waals surface area contributed by atoms with Crippen LogP contribution in [0.15, 0.2) is 42.5 Å². The quantitative estimate of drug-likeness (QED) is 0.739. The average molecular weight is 288 g/mol. The van der Waals surface area contributed by atoms with Gasteiger partial charge in [-0.25, -0.2) is 4.68 Å². The molecule has 0 atom stereocenters. The van der Waals surface area contributed by atoms with Crippen molar-refractivity contribution in [3.05, 3.63) is 59.4 Å². The van der Waals surface area contributed by atoms with Crippen molar-refractivity contribution < 1.29 is 0 Å². The minimum atomic E-state index is 0.444. The normalized spacial score (nSPS) is 14.7. The Bertz CT molecular complexity index is 863. The van der Waals surface area contributed by atoms with Crippen LogP contribution in [0.5, 0.6) is 0 Å². The molecule has 0 spiro atoms. The molecule has 22 heavy (non-hydrogen) atoms. The maximum Gasteiger partial charge on any atom is 0.186 e. The van der Waals surface area contributed by atoms with Gasteiger partial charge in [-0.1, -0.05) is 54.1 Å². The molecule has 0 bridgehead atoms. The van der Waals surface area contributed by atoms with Crippen molar-refractivity contribution in [3.8, 4) is 6.07 Å². The fraction of sp³-hybridized carbons (Fsp3) is 0.278. The number of nitrogens with zero attached hydrogens (tertiary/aromatic N) is 4. The van der Waals surface area contributed by atoms with Crippen LogP contribution in [0.3, 0.4) is 0 Å². The Morgan fingerprint density at radius 1 is 1.14 bits per heavy atom. The van der Waals surface area contributed by atoms with Gasteiger partial charge < -0.3 is 0 Å². The first kappa shape index (κ1) is 13.0. The van der Waals surface area contributed by atoms with Gasteiger partial charge in [-0.15, -0.1) is 5.10 Å². The maximum atomic E-state index is 9.27. The van der Waals surface area contributed by atoms with E-state index < -0.39 is 0 Å². The molecule has 1 aliphatic rings. The summed E-state index contributed by atoms with van der Waals surface area (Å²) in [6.45, 7) is 0.669. The van der Waals surface area contributed by atoms with E-state index in [4.69, 9.17) is 0 Å². The van der Waals surface area contributed by atoms with E-state index in [0.717, 1.165) is 18.5 Å². The molecule has 1 saturated carbocycles. The Balaban J connectivity index is 1.77. The molecule has 1 heterocycles. The van der Waals surface area contributed by atoms with E-state index in [1.54, 1.807) is 0 Å². The highest BCUT2D eigenvalue weighted by atomic mass is 15.4. The van der Waals surface area contributed by atoms with Crippen LogP contribution in [0.25, 0.3) is 10.8 Å². The highest BCUT2D eigenvalue weighted by Gasteiger charge is 2.27. The smallest absolute Gasteiger partial charge is 0.186 e. The standard InChI is InChI=1S/C18H16N4/c19-11-17-18(14-7-4-8-14)22(21-20-17)12-15-9-3-6-13-5-1-2-10-16(13)15/h1-3,5-6,9-10,14H,4,7-8,12H2. The van der Waals surface area contributed by atoms with E-state index in [1.165, 1.54) is 22.8 Å². The van der Waals surface area contributed by atoms with Crippen molar-refractivity contribution in [2.75, 3.05) is 0 Å². The van der Waals surface area contributed by atoms with Gasteiger partial charge in [0, 0.05) is 5.92 Å². The summed E-state index contributed by atoms with van der Waals surface area (Å²) in [5.41, 5.74) is 2.72. The van der Waals surface area contributed by atoms with Crippen LogP contribution in [-0.2, 0) is 6.54 Å². The second kappa shape index (κ2) is 5.27. The lowest BCUT2D eigenvalue weighted by Gasteiger charge is -2.25. The first-order valence-electron chi connectivity index (χ1n) is 7.67. The molecule has 0 radical (unpaired) electrons. The molecule has 3 aromatic rings. The molecule has 0 N–H and O–H groups in total. The molecule has 1 fully saturated rings. The number of nitriles is 1. The number of benzene rings is 2. The molecule has 108 valence electrons. The van der Waals surface area contributed by atoms with Crippen molar-refractivity contribution in [1.82, 2.24) is 15.0 Å². The largest absolute Gasteiger partial charge is 0.243 e. The Morgan fingerprint density at radius 2 is 1.95 bits per heavy atom. The second-order valence-electron chi connectivity index (χ2n) is 5.86. The molecule has 4 rings (SSSR count). The lowest BCUT2D eigenvalue weighted by molar-refractivity contribution is 0.392. The van der Waals surface area contributed by atoms with E-state index in [9.17, 15) is 5.26 Å². The van der Waals surface area contributed by atoms with Crippen molar-refractivity contribution in [2.45, 2.75) is 31.7 Å². The summed E-state index contributed by atoms with van der Waals surface area (Å²) in [6.07, 6.45) is 3.50. The maximum absolute atomic E-state index is 9.27. The van der Waals surface area contributed by atoms with Gasteiger partial charge in [-0.05, 0) is 29.2 Å². The van der Waals surface area contributed by atoms with E-state index >= 15 is 0 Å². The van der Waals surface area contributed by atoms with Crippen LogP contribution in [-0.4, -0.2) is 15.0 Å². The van der Waals surface area contributed by atoms with Crippen molar-refractivity contribution >= 4 is 10.8 Å². The second-order valence-corrected chi connectivity index (χ2v) is 5.86. The minimum Gasteiger partial charge on any atom is -0.243 e. The number of hydrogen-bond donors (Lipinski definition) is 0. The van der Waals surface area contributed by atoms with Gasteiger partial charge in [-0.3, -0.25) is 0 Å². The van der Waals surface area contributed by atoms with Crippen LogP contribution in [0.4, 0.5) is 0 Å². The molecule has 4 nitrogen and oxygen atoms in total. The first-order chi connectivity index (χ1) is 10.9. The van der Waals surface area contributed by atoms with E-state index in [2.05, 4.69) is 58.8 Å². The predicted octanol–water partition coefficient (Wildman–Crippen LogP) is 3.62. The molecule has 2 aromatic carbocycles. The molecule has 0 unspecified atom stereocenters. The van der Waals surface area contributed by atoms with Gasteiger partial charge >= 0.3 is 0 Å². The Morgan fingerprint density at radius 3 is 2.73 bits per heavy atom. The molecular weight excluding hydrogens is 272 g/mol. The summed E-state index contributed by atoms with van der Waals surface area (Å²) in [7, 11) is 0.